The number of nitrogens with zero attached hydrogens (tertiary/aromatic N) is 3. The van der Waals surface area contributed by atoms with Gasteiger partial charge in [-0.15, -0.1) is 0 Å². The van der Waals surface area contributed by atoms with E-state index in [2.05, 4.69) is 38.5 Å². The molecule has 0 unspecified atom stereocenters. The molecule has 0 atom stereocenters. The molecule has 0 N–H and O–H groups in total. The zero-order valence-corrected chi connectivity index (χ0v) is 20.5. The minimum absolute atomic E-state index is 0.209. The van der Waals surface area contributed by atoms with Crippen molar-refractivity contribution in [1.82, 2.24) is 9.55 Å². The van der Waals surface area contributed by atoms with Gasteiger partial charge in [-0.05, 0) is 17.5 Å². The zero-order valence-electron chi connectivity index (χ0n) is 19.5. The summed E-state index contributed by atoms with van der Waals surface area (Å²) in [5.41, 5.74) is 1.80. The SMILES string of the molecule is CC(C)c1cn(COCC[Si](C)(C)C)c2cnc(N3CCC4(CC3)OCCO4)c(F)c12. The van der Waals surface area contributed by atoms with Crippen molar-refractivity contribution < 1.29 is 18.6 Å². The van der Waals surface area contributed by atoms with Crippen LogP contribution in [0, 0.1) is 5.82 Å². The van der Waals surface area contributed by atoms with E-state index >= 15 is 4.39 Å². The highest BCUT2D eigenvalue weighted by Gasteiger charge is 2.40. The number of fused-ring (bicyclic) bond motifs is 1. The van der Waals surface area contributed by atoms with Gasteiger partial charge in [-0.3, -0.25) is 0 Å². The van der Waals surface area contributed by atoms with Crippen LogP contribution in [-0.2, 0) is 20.9 Å². The molecule has 0 amide bonds. The van der Waals surface area contributed by atoms with Crippen molar-refractivity contribution in [3.63, 3.8) is 0 Å². The van der Waals surface area contributed by atoms with Gasteiger partial charge in [0.25, 0.3) is 0 Å². The van der Waals surface area contributed by atoms with E-state index in [1.54, 1.807) is 6.20 Å². The minimum Gasteiger partial charge on any atom is -0.361 e. The summed E-state index contributed by atoms with van der Waals surface area (Å²) in [6.07, 6.45) is 5.29. The molecule has 2 aliphatic heterocycles. The van der Waals surface area contributed by atoms with E-state index in [4.69, 9.17) is 14.2 Å². The van der Waals surface area contributed by atoms with Crippen LogP contribution < -0.4 is 4.90 Å². The Balaban J connectivity index is 1.56. The van der Waals surface area contributed by atoms with Crippen LogP contribution in [0.2, 0.25) is 25.7 Å². The summed E-state index contributed by atoms with van der Waals surface area (Å²) in [5, 5.41) is 0.669. The van der Waals surface area contributed by atoms with Crippen molar-refractivity contribution >= 4 is 24.8 Å². The summed E-state index contributed by atoms with van der Waals surface area (Å²) in [7, 11) is -1.14. The van der Waals surface area contributed by atoms with E-state index in [0.717, 1.165) is 36.6 Å². The summed E-state index contributed by atoms with van der Waals surface area (Å²) in [4.78, 5) is 6.57. The second-order valence-corrected chi connectivity index (χ2v) is 15.9. The molecule has 6 nitrogen and oxygen atoms in total. The number of pyridine rings is 1. The first kappa shape index (κ1) is 22.7. The lowest BCUT2D eigenvalue weighted by atomic mass is 10.0. The molecule has 0 saturated carbocycles. The van der Waals surface area contributed by atoms with Crippen LogP contribution in [0.25, 0.3) is 10.9 Å². The summed E-state index contributed by atoms with van der Waals surface area (Å²) in [6, 6.07) is 1.11. The first-order valence-corrected chi connectivity index (χ1v) is 15.2. The molecule has 0 aromatic carbocycles. The van der Waals surface area contributed by atoms with E-state index in [0.29, 0.717) is 44.2 Å². The highest BCUT2D eigenvalue weighted by Crippen LogP contribution is 2.37. The molecule has 1 spiro atoms. The summed E-state index contributed by atoms with van der Waals surface area (Å²) in [5.74, 6) is -0.0668. The van der Waals surface area contributed by atoms with Crippen LogP contribution in [0.4, 0.5) is 10.2 Å². The van der Waals surface area contributed by atoms with Crippen LogP contribution in [0.15, 0.2) is 12.4 Å². The Hall–Kier alpha value is -1.48. The minimum atomic E-state index is -1.14. The quantitative estimate of drug-likeness (QED) is 0.442. The highest BCUT2D eigenvalue weighted by atomic mass is 28.3. The fourth-order valence-electron chi connectivity index (χ4n) is 4.41. The normalized spacial score (nSPS) is 19.3. The van der Waals surface area contributed by atoms with Gasteiger partial charge in [0.05, 0.1) is 24.9 Å². The molecule has 0 radical (unpaired) electrons. The third-order valence-electron chi connectivity index (χ3n) is 6.36. The molecular weight excluding hydrogens is 413 g/mol. The maximum absolute atomic E-state index is 15.8. The van der Waals surface area contributed by atoms with Gasteiger partial charge in [-0.2, -0.15) is 0 Å². The van der Waals surface area contributed by atoms with E-state index in [1.165, 1.54) is 0 Å². The highest BCUT2D eigenvalue weighted by molar-refractivity contribution is 6.76. The number of hydrogen-bond donors (Lipinski definition) is 0. The van der Waals surface area contributed by atoms with Crippen LogP contribution >= 0.6 is 0 Å². The third kappa shape index (κ3) is 4.82. The first-order chi connectivity index (χ1) is 14.7. The molecular formula is C23H36FN3O3Si. The topological polar surface area (TPSA) is 48.8 Å². The second kappa shape index (κ2) is 8.81. The number of halogens is 1. The fraction of sp³-hybridized carbons (Fsp3) is 0.696. The van der Waals surface area contributed by atoms with Crippen molar-refractivity contribution in [2.75, 3.05) is 37.8 Å². The molecule has 0 aliphatic carbocycles. The van der Waals surface area contributed by atoms with Gasteiger partial charge in [0.15, 0.2) is 17.4 Å². The second-order valence-electron chi connectivity index (χ2n) is 10.3. The van der Waals surface area contributed by atoms with E-state index < -0.39 is 13.9 Å². The Morgan fingerprint density at radius 2 is 1.87 bits per heavy atom. The Kier molecular flexibility index (Phi) is 6.45. The Labute approximate surface area is 185 Å². The van der Waals surface area contributed by atoms with Crippen molar-refractivity contribution in [1.29, 1.82) is 0 Å². The summed E-state index contributed by atoms with van der Waals surface area (Å²) < 4.78 is 35.4. The Morgan fingerprint density at radius 1 is 1.19 bits per heavy atom. The molecule has 172 valence electrons. The number of hydrogen-bond acceptors (Lipinski definition) is 5. The fourth-order valence-corrected chi connectivity index (χ4v) is 5.17. The maximum Gasteiger partial charge on any atom is 0.175 e. The molecule has 8 heteroatoms. The average molecular weight is 450 g/mol. The van der Waals surface area contributed by atoms with Gasteiger partial charge in [-0.1, -0.05) is 33.5 Å². The third-order valence-corrected chi connectivity index (χ3v) is 8.07. The molecule has 0 bridgehead atoms. The largest absolute Gasteiger partial charge is 0.361 e. The predicted molar refractivity (Wildman–Crippen MR) is 124 cm³/mol. The average Bonchev–Trinajstić information content (AvgIpc) is 3.31. The van der Waals surface area contributed by atoms with Crippen molar-refractivity contribution in [2.24, 2.45) is 0 Å². The number of aromatic nitrogens is 2. The molecule has 2 aromatic heterocycles. The molecule has 4 heterocycles. The maximum atomic E-state index is 15.8. The number of rotatable bonds is 7. The van der Waals surface area contributed by atoms with Crippen LogP contribution in [0.3, 0.4) is 0 Å². The number of piperidine rings is 1. The molecule has 4 rings (SSSR count). The smallest absolute Gasteiger partial charge is 0.175 e. The first-order valence-electron chi connectivity index (χ1n) is 11.5. The molecule has 31 heavy (non-hydrogen) atoms. The Morgan fingerprint density at radius 3 is 2.48 bits per heavy atom. The lowest BCUT2D eigenvalue weighted by Crippen LogP contribution is -2.45. The van der Waals surface area contributed by atoms with Gasteiger partial charge < -0.3 is 23.7 Å². The van der Waals surface area contributed by atoms with Crippen LogP contribution in [0.5, 0.6) is 0 Å². The Bertz CT molecular complexity index is 909. The monoisotopic (exact) mass is 449 g/mol. The summed E-state index contributed by atoms with van der Waals surface area (Å²) >= 11 is 0. The van der Waals surface area contributed by atoms with Gasteiger partial charge in [-0.25, -0.2) is 9.37 Å². The van der Waals surface area contributed by atoms with Gasteiger partial charge in [0, 0.05) is 52.2 Å². The van der Waals surface area contributed by atoms with E-state index in [-0.39, 0.29) is 11.7 Å². The van der Waals surface area contributed by atoms with E-state index in [1.807, 2.05) is 15.7 Å². The zero-order chi connectivity index (χ0) is 22.2. The summed E-state index contributed by atoms with van der Waals surface area (Å²) in [6.45, 7) is 15.0. The van der Waals surface area contributed by atoms with Gasteiger partial charge in [0.2, 0.25) is 0 Å². The van der Waals surface area contributed by atoms with Gasteiger partial charge >= 0.3 is 0 Å². The molecule has 2 aliphatic rings. The molecule has 2 aromatic rings. The molecule has 2 fully saturated rings. The van der Waals surface area contributed by atoms with Crippen molar-refractivity contribution in [3.05, 3.63) is 23.8 Å². The van der Waals surface area contributed by atoms with Crippen LogP contribution in [0.1, 0.15) is 38.2 Å². The standard InChI is InChI=1S/C23H36FN3O3Si/c1-17(2)18-15-27(16-28-12-13-31(3,4)5)19-14-25-22(21(24)20(18)19)26-8-6-23(7-9-26)29-10-11-30-23/h14-15,17H,6-13,16H2,1-5H3. The number of ether oxygens (including phenoxy) is 3. The predicted octanol–water partition coefficient (Wildman–Crippen LogP) is 4.95. The lowest BCUT2D eigenvalue weighted by molar-refractivity contribution is -0.169. The number of anilines is 1. The van der Waals surface area contributed by atoms with Gasteiger partial charge in [0.1, 0.15) is 6.73 Å². The van der Waals surface area contributed by atoms with Crippen molar-refractivity contribution in [3.8, 4) is 0 Å². The van der Waals surface area contributed by atoms with E-state index in [9.17, 15) is 0 Å². The lowest BCUT2D eigenvalue weighted by Gasteiger charge is -2.38. The molecule has 2 saturated heterocycles. The van der Waals surface area contributed by atoms with Crippen molar-refractivity contribution in [2.45, 2.75) is 70.8 Å². The van der Waals surface area contributed by atoms with Crippen LogP contribution in [-0.4, -0.2) is 56.3 Å².